The fourth-order valence-corrected chi connectivity index (χ4v) is 6.25. The maximum atomic E-state index is 12.8. The molecule has 1 atom stereocenters. The van der Waals surface area contributed by atoms with Crippen LogP contribution in [-0.2, 0) is 22.9 Å². The highest BCUT2D eigenvalue weighted by molar-refractivity contribution is 7.91. The van der Waals surface area contributed by atoms with Crippen LogP contribution < -0.4 is 5.32 Å². The van der Waals surface area contributed by atoms with Gasteiger partial charge >= 0.3 is 0 Å². The summed E-state index contributed by atoms with van der Waals surface area (Å²) in [7, 11) is -3.28. The van der Waals surface area contributed by atoms with E-state index >= 15 is 0 Å². The van der Waals surface area contributed by atoms with E-state index in [9.17, 15) is 13.2 Å². The summed E-state index contributed by atoms with van der Waals surface area (Å²) in [5.41, 5.74) is 3.41. The van der Waals surface area contributed by atoms with Crippen LogP contribution in [0.3, 0.4) is 0 Å². The second-order valence-electron chi connectivity index (χ2n) is 10.6. The molecule has 0 radical (unpaired) electrons. The van der Waals surface area contributed by atoms with E-state index in [1.54, 1.807) is 19.2 Å². The average Bonchev–Trinajstić information content (AvgIpc) is 3.21. The first-order valence-corrected chi connectivity index (χ1v) is 14.5. The maximum absolute atomic E-state index is 12.8. The van der Waals surface area contributed by atoms with Crippen LogP contribution in [0.5, 0.6) is 0 Å². The molecule has 1 amide bonds. The van der Waals surface area contributed by atoms with Gasteiger partial charge in [-0.05, 0) is 54.4 Å². The molecule has 1 aliphatic heterocycles. The fraction of sp³-hybridized carbons (Fsp3) is 0.607. The second kappa shape index (κ2) is 11.8. The molecule has 4 rings (SSSR count). The molecule has 0 unspecified atom stereocenters. The van der Waals surface area contributed by atoms with Gasteiger partial charge in [0.15, 0.2) is 9.84 Å². The quantitative estimate of drug-likeness (QED) is 0.522. The lowest BCUT2D eigenvalue weighted by Gasteiger charge is -2.34. The Morgan fingerprint density at radius 3 is 2.47 bits per heavy atom. The molecule has 0 aromatic carbocycles. The number of fused-ring (bicyclic) bond motifs is 1. The van der Waals surface area contributed by atoms with E-state index in [4.69, 9.17) is 4.98 Å². The molecule has 36 heavy (non-hydrogen) atoms. The molecule has 1 N–H and O–H groups in total. The van der Waals surface area contributed by atoms with Crippen molar-refractivity contribution in [3.05, 3.63) is 53.1 Å². The van der Waals surface area contributed by atoms with Gasteiger partial charge in [-0.15, -0.1) is 0 Å². The normalized spacial score (nSPS) is 22.2. The Morgan fingerprint density at radius 2 is 1.86 bits per heavy atom. The lowest BCUT2D eigenvalue weighted by molar-refractivity contribution is 0.0950. The van der Waals surface area contributed by atoms with Gasteiger partial charge in [0.25, 0.3) is 5.91 Å². The number of rotatable bonds is 8. The van der Waals surface area contributed by atoms with Crippen molar-refractivity contribution in [1.29, 1.82) is 0 Å². The van der Waals surface area contributed by atoms with E-state index in [1.165, 1.54) is 37.9 Å². The number of pyridine rings is 2. The molecule has 1 aliphatic carbocycles. The van der Waals surface area contributed by atoms with Gasteiger partial charge in [0.2, 0.25) is 0 Å². The minimum atomic E-state index is -3.28. The van der Waals surface area contributed by atoms with Crippen molar-refractivity contribution in [1.82, 2.24) is 20.2 Å². The van der Waals surface area contributed by atoms with E-state index in [-0.39, 0.29) is 30.5 Å². The fourth-order valence-electron chi connectivity index (χ4n) is 5.43. The van der Waals surface area contributed by atoms with E-state index in [0.717, 1.165) is 36.2 Å². The number of aromatic nitrogens is 2. The highest BCUT2D eigenvalue weighted by Crippen LogP contribution is 2.40. The number of amides is 1. The Balaban J connectivity index is 0.00000361. The molecule has 0 saturated heterocycles. The summed E-state index contributed by atoms with van der Waals surface area (Å²) in [6, 6.07) is 5.46. The number of hydrogen-bond donors (Lipinski definition) is 1. The molecule has 2 aliphatic rings. The molecule has 8 heteroatoms. The maximum Gasteiger partial charge on any atom is 0.253 e. The summed E-state index contributed by atoms with van der Waals surface area (Å²) in [5, 5.41) is 2.89. The third kappa shape index (κ3) is 6.32. The van der Waals surface area contributed by atoms with Crippen LogP contribution in [-0.4, -0.2) is 41.5 Å². The number of hydrogen-bond acceptors (Lipinski definition) is 6. The van der Waals surface area contributed by atoms with Crippen molar-refractivity contribution in [3.8, 4) is 0 Å². The summed E-state index contributed by atoms with van der Waals surface area (Å²) in [5.74, 6) is 1.88. The minimum Gasteiger partial charge on any atom is -0.346 e. The molecule has 0 spiro atoms. The lowest BCUT2D eigenvalue weighted by Crippen LogP contribution is -2.32. The van der Waals surface area contributed by atoms with Crippen LogP contribution in [0.2, 0.25) is 0 Å². The van der Waals surface area contributed by atoms with E-state index in [1.807, 2.05) is 6.07 Å². The first kappa shape index (κ1) is 28.3. The van der Waals surface area contributed by atoms with Crippen molar-refractivity contribution >= 4 is 15.7 Å². The molecular weight excluding hydrogens is 472 g/mol. The van der Waals surface area contributed by atoms with Gasteiger partial charge in [-0.3, -0.25) is 19.7 Å². The van der Waals surface area contributed by atoms with E-state index in [2.05, 4.69) is 36.0 Å². The SMILES string of the molecule is C.CCS(=O)(=O)c1ccc(CNC(=O)c2cnc3c(c2)CN(CC2CCC(C)CC2)[C@H]3C(C)C)nc1. The lowest BCUT2D eigenvalue weighted by atomic mass is 9.82. The molecule has 2 aromatic rings. The average molecular weight is 515 g/mol. The van der Waals surface area contributed by atoms with Gasteiger partial charge in [0, 0.05) is 25.5 Å². The van der Waals surface area contributed by atoms with Gasteiger partial charge < -0.3 is 5.32 Å². The van der Waals surface area contributed by atoms with Crippen LogP contribution in [0.15, 0.2) is 35.5 Å². The zero-order valence-corrected chi connectivity index (χ0v) is 22.1. The summed E-state index contributed by atoms with van der Waals surface area (Å²) < 4.78 is 23.9. The summed E-state index contributed by atoms with van der Waals surface area (Å²) in [4.78, 5) is 24.6. The van der Waals surface area contributed by atoms with Crippen molar-refractivity contribution in [3.63, 3.8) is 0 Å². The predicted molar refractivity (Wildman–Crippen MR) is 143 cm³/mol. The van der Waals surface area contributed by atoms with Crippen LogP contribution in [0, 0.1) is 17.8 Å². The third-order valence-electron chi connectivity index (χ3n) is 7.54. The van der Waals surface area contributed by atoms with Crippen molar-refractivity contribution in [2.24, 2.45) is 17.8 Å². The predicted octanol–water partition coefficient (Wildman–Crippen LogP) is 5.18. The van der Waals surface area contributed by atoms with Gasteiger partial charge in [-0.25, -0.2) is 8.42 Å². The number of sulfone groups is 1. The van der Waals surface area contributed by atoms with Gasteiger partial charge in [0.1, 0.15) is 0 Å². The highest BCUT2D eigenvalue weighted by Gasteiger charge is 2.35. The largest absolute Gasteiger partial charge is 0.346 e. The topological polar surface area (TPSA) is 92.3 Å². The standard InChI is InChI=1S/C27H38N4O3S.CH4/c1-5-35(33,34)24-11-10-23(28-15-24)14-30-27(32)21-12-22-17-31(16-20-8-6-19(4)7-9-20)26(18(2)3)25(22)29-13-21;/h10-13,15,18-20,26H,5-9,14,16-17H2,1-4H3,(H,30,32);1H4/t19?,20?,26-;/m0./s1. The Hall–Kier alpha value is -2.32. The van der Waals surface area contributed by atoms with Crippen molar-refractivity contribution in [2.75, 3.05) is 12.3 Å². The van der Waals surface area contributed by atoms with Gasteiger partial charge in [-0.2, -0.15) is 0 Å². The Kier molecular flexibility index (Phi) is 9.28. The summed E-state index contributed by atoms with van der Waals surface area (Å²) in [6.07, 6.45) is 8.29. The molecule has 1 fully saturated rings. The number of nitrogens with zero attached hydrogens (tertiary/aromatic N) is 3. The Labute approximate surface area is 217 Å². The molecule has 198 valence electrons. The minimum absolute atomic E-state index is 0. The van der Waals surface area contributed by atoms with Crippen molar-refractivity contribution < 1.29 is 13.2 Å². The highest BCUT2D eigenvalue weighted by atomic mass is 32.2. The number of nitrogens with one attached hydrogen (secondary N) is 1. The van der Waals surface area contributed by atoms with Gasteiger partial charge in [0.05, 0.1) is 40.2 Å². The Bertz CT molecular complexity index is 1140. The van der Waals surface area contributed by atoms with Gasteiger partial charge in [-0.1, -0.05) is 48.0 Å². The zero-order valence-electron chi connectivity index (χ0n) is 21.3. The van der Waals surface area contributed by atoms with Crippen LogP contribution >= 0.6 is 0 Å². The molecule has 7 nitrogen and oxygen atoms in total. The second-order valence-corrected chi connectivity index (χ2v) is 12.9. The van der Waals surface area contributed by atoms with Crippen LogP contribution in [0.4, 0.5) is 0 Å². The van der Waals surface area contributed by atoms with E-state index in [0.29, 0.717) is 23.2 Å². The van der Waals surface area contributed by atoms with E-state index < -0.39 is 9.84 Å². The first-order valence-electron chi connectivity index (χ1n) is 12.9. The first-order chi connectivity index (χ1) is 16.7. The number of carbonyl (C=O) groups excluding carboxylic acids is 1. The Morgan fingerprint density at radius 1 is 1.14 bits per heavy atom. The van der Waals surface area contributed by atoms with Crippen molar-refractivity contribution in [2.45, 2.75) is 84.8 Å². The molecule has 3 heterocycles. The summed E-state index contributed by atoms with van der Waals surface area (Å²) in [6.45, 7) is 10.6. The third-order valence-corrected chi connectivity index (χ3v) is 9.26. The monoisotopic (exact) mass is 514 g/mol. The molecule has 1 saturated carbocycles. The number of carbonyl (C=O) groups is 1. The summed E-state index contributed by atoms with van der Waals surface area (Å²) >= 11 is 0. The smallest absolute Gasteiger partial charge is 0.253 e. The molecule has 2 aromatic heterocycles. The molecular formula is C28H42N4O3S. The zero-order chi connectivity index (χ0) is 25.2. The van der Waals surface area contributed by atoms with Crippen LogP contribution in [0.25, 0.3) is 0 Å². The van der Waals surface area contributed by atoms with Crippen LogP contribution in [0.1, 0.15) is 94.2 Å². The molecule has 0 bridgehead atoms.